The second-order valence-electron chi connectivity index (χ2n) is 2.03. The lowest BCUT2D eigenvalue weighted by molar-refractivity contribution is 0.117. The van der Waals surface area contributed by atoms with Crippen LogP contribution in [0.15, 0.2) is 12.3 Å². The molecule has 1 heterocycles. The molecule has 13 heavy (non-hydrogen) atoms. The molecule has 0 aliphatic heterocycles. The average Bonchev–Trinajstić information content (AvgIpc) is 2.07. The van der Waals surface area contributed by atoms with Crippen molar-refractivity contribution in [3.63, 3.8) is 0 Å². The maximum Gasteiger partial charge on any atom is 0.308 e. The molecule has 3 nitrogen and oxygen atoms in total. The van der Waals surface area contributed by atoms with E-state index in [1.54, 1.807) is 0 Å². The molecule has 0 aliphatic rings. The van der Waals surface area contributed by atoms with Crippen molar-refractivity contribution >= 4 is 17.4 Å². The molecule has 2 N–H and O–H groups in total. The number of pyridine rings is 1. The quantitative estimate of drug-likeness (QED) is 0.593. The molecular weight excluding hydrogens is 207 g/mol. The average molecular weight is 212 g/mol. The molecule has 0 unspecified atom stereocenters. The van der Waals surface area contributed by atoms with Gasteiger partial charge in [-0.05, 0) is 6.07 Å². The normalized spacial score (nSPS) is 10.5. The molecule has 1 aromatic rings. The number of alkyl halides is 2. The van der Waals surface area contributed by atoms with Crippen LogP contribution in [0, 0.1) is 5.82 Å². The van der Waals surface area contributed by atoms with Crippen molar-refractivity contribution in [1.29, 1.82) is 0 Å². The van der Waals surface area contributed by atoms with Gasteiger partial charge in [-0.1, -0.05) is 11.6 Å². The molecule has 0 fully saturated rings. The fraction of sp³-hybridized carbons (Fsp3) is 0.167. The zero-order valence-electron chi connectivity index (χ0n) is 6.19. The summed E-state index contributed by atoms with van der Waals surface area (Å²) < 4.78 is 36.1. The summed E-state index contributed by atoms with van der Waals surface area (Å²) in [5.74, 6) is -1.25. The Morgan fingerprint density at radius 3 is 2.77 bits per heavy atom. The molecule has 0 aliphatic carbocycles. The van der Waals surface area contributed by atoms with Crippen LogP contribution in [0.2, 0.25) is 5.02 Å². The minimum Gasteiger partial charge on any atom is -0.299 e. The van der Waals surface area contributed by atoms with Crippen molar-refractivity contribution in [3.8, 4) is 0 Å². The Bertz CT molecular complexity index is 294. The Balaban J connectivity index is 2.71. The first-order valence-corrected chi connectivity index (χ1v) is 3.58. The summed E-state index contributed by atoms with van der Waals surface area (Å²) >= 11 is 5.36. The van der Waals surface area contributed by atoms with Crippen LogP contribution in [0.4, 0.5) is 19.0 Å². The minimum absolute atomic E-state index is 0.187. The van der Waals surface area contributed by atoms with Crippen molar-refractivity contribution in [2.45, 2.75) is 6.55 Å². The summed E-state index contributed by atoms with van der Waals surface area (Å²) in [5, 5.41) is -0.187. The molecule has 0 aromatic carbocycles. The van der Waals surface area contributed by atoms with Gasteiger partial charge < -0.3 is 0 Å². The van der Waals surface area contributed by atoms with Gasteiger partial charge in [0.05, 0.1) is 5.02 Å². The van der Waals surface area contributed by atoms with Crippen LogP contribution in [-0.2, 0) is 0 Å². The van der Waals surface area contributed by atoms with Gasteiger partial charge in [-0.3, -0.25) is 5.43 Å². The topological polar surface area (TPSA) is 37.0 Å². The van der Waals surface area contributed by atoms with E-state index in [0.717, 1.165) is 0 Å². The number of aromatic nitrogens is 1. The van der Waals surface area contributed by atoms with E-state index in [0.29, 0.717) is 0 Å². The van der Waals surface area contributed by atoms with E-state index in [1.807, 2.05) is 5.43 Å². The maximum absolute atomic E-state index is 12.9. The van der Waals surface area contributed by atoms with E-state index < -0.39 is 12.4 Å². The van der Waals surface area contributed by atoms with E-state index in [9.17, 15) is 13.2 Å². The predicted molar refractivity (Wildman–Crippen MR) is 42.0 cm³/mol. The lowest BCUT2D eigenvalue weighted by Gasteiger charge is -2.07. The van der Waals surface area contributed by atoms with Crippen LogP contribution in [0.3, 0.4) is 0 Å². The zero-order chi connectivity index (χ0) is 9.84. The van der Waals surface area contributed by atoms with Gasteiger partial charge in [-0.15, -0.1) is 0 Å². The second-order valence-corrected chi connectivity index (χ2v) is 2.43. The number of rotatable bonds is 3. The Kier molecular flexibility index (Phi) is 3.32. The van der Waals surface area contributed by atoms with E-state index in [-0.39, 0.29) is 10.8 Å². The van der Waals surface area contributed by atoms with Crippen LogP contribution in [0.1, 0.15) is 0 Å². The smallest absolute Gasteiger partial charge is 0.299 e. The van der Waals surface area contributed by atoms with E-state index in [1.165, 1.54) is 17.7 Å². The monoisotopic (exact) mass is 211 g/mol. The van der Waals surface area contributed by atoms with Crippen molar-refractivity contribution in [2.75, 3.05) is 5.43 Å². The van der Waals surface area contributed by atoms with Crippen LogP contribution >= 0.6 is 11.6 Å². The highest BCUT2D eigenvalue weighted by molar-refractivity contribution is 6.30. The van der Waals surface area contributed by atoms with Crippen molar-refractivity contribution in [3.05, 3.63) is 23.1 Å². The summed E-state index contributed by atoms with van der Waals surface area (Å²) in [5.41, 5.74) is 3.37. The fourth-order valence-corrected chi connectivity index (χ4v) is 0.776. The number of halogens is 4. The molecule has 72 valence electrons. The fourth-order valence-electron chi connectivity index (χ4n) is 0.630. The third-order valence-corrected chi connectivity index (χ3v) is 1.43. The van der Waals surface area contributed by atoms with E-state index in [4.69, 9.17) is 11.6 Å². The number of anilines is 1. The molecule has 0 saturated heterocycles. The molecule has 0 spiro atoms. The summed E-state index contributed by atoms with van der Waals surface area (Å²) in [4.78, 5) is 3.44. The maximum atomic E-state index is 12.9. The summed E-state index contributed by atoms with van der Waals surface area (Å²) in [6, 6.07) is 1.21. The highest BCUT2D eigenvalue weighted by Gasteiger charge is 2.08. The van der Waals surface area contributed by atoms with E-state index >= 15 is 0 Å². The first kappa shape index (κ1) is 10.1. The van der Waals surface area contributed by atoms with Crippen LogP contribution in [-0.4, -0.2) is 11.5 Å². The van der Waals surface area contributed by atoms with Crippen LogP contribution in [0.25, 0.3) is 0 Å². The Hall–Kier alpha value is -1.01. The zero-order valence-corrected chi connectivity index (χ0v) is 6.95. The lowest BCUT2D eigenvalue weighted by Crippen LogP contribution is -2.28. The highest BCUT2D eigenvalue weighted by atomic mass is 35.5. The number of hydrogen-bond donors (Lipinski definition) is 2. The molecule has 0 saturated carbocycles. The molecule has 0 amide bonds. The lowest BCUT2D eigenvalue weighted by atomic mass is 10.4. The number of nitrogens with one attached hydrogen (secondary N) is 2. The van der Waals surface area contributed by atoms with Gasteiger partial charge in [0.2, 0.25) is 0 Å². The molecule has 7 heteroatoms. The van der Waals surface area contributed by atoms with Gasteiger partial charge in [0.25, 0.3) is 0 Å². The first-order valence-electron chi connectivity index (χ1n) is 3.21. The summed E-state index contributed by atoms with van der Waals surface area (Å²) in [6.45, 7) is -2.81. The first-order chi connectivity index (χ1) is 6.11. The molecule has 1 aromatic heterocycles. The third kappa shape index (κ3) is 2.74. The van der Waals surface area contributed by atoms with Gasteiger partial charge in [-0.2, -0.15) is 14.2 Å². The number of hydrazine groups is 1. The van der Waals surface area contributed by atoms with Crippen molar-refractivity contribution < 1.29 is 13.2 Å². The van der Waals surface area contributed by atoms with Crippen LogP contribution in [0.5, 0.6) is 0 Å². The summed E-state index contributed by atoms with van der Waals surface area (Å²) in [7, 11) is 0. The Labute approximate surface area is 76.9 Å². The molecule has 0 radical (unpaired) electrons. The number of nitrogens with zero attached hydrogens (tertiary/aromatic N) is 1. The van der Waals surface area contributed by atoms with Gasteiger partial charge >= 0.3 is 6.55 Å². The molecular formula is C6H5ClF3N3. The van der Waals surface area contributed by atoms with Gasteiger partial charge in [-0.25, -0.2) is 9.37 Å². The van der Waals surface area contributed by atoms with Gasteiger partial charge in [0.1, 0.15) is 0 Å². The SMILES string of the molecule is Fc1c(Cl)ccnc1NNC(F)F. The van der Waals surface area contributed by atoms with Crippen molar-refractivity contribution in [1.82, 2.24) is 10.4 Å². The Morgan fingerprint density at radius 1 is 1.46 bits per heavy atom. The molecule has 0 atom stereocenters. The third-order valence-electron chi connectivity index (χ3n) is 1.14. The van der Waals surface area contributed by atoms with Gasteiger partial charge in [0.15, 0.2) is 11.6 Å². The number of hydrogen-bond acceptors (Lipinski definition) is 3. The van der Waals surface area contributed by atoms with Crippen molar-refractivity contribution in [2.24, 2.45) is 0 Å². The summed E-state index contributed by atoms with van der Waals surface area (Å²) in [6.07, 6.45) is 1.20. The van der Waals surface area contributed by atoms with Crippen LogP contribution < -0.4 is 10.9 Å². The molecule has 1 rings (SSSR count). The Morgan fingerprint density at radius 2 is 2.15 bits per heavy atom. The highest BCUT2D eigenvalue weighted by Crippen LogP contribution is 2.18. The predicted octanol–water partition coefficient (Wildman–Crippen LogP) is 2.01. The van der Waals surface area contributed by atoms with Gasteiger partial charge in [0, 0.05) is 6.20 Å². The largest absolute Gasteiger partial charge is 0.308 e. The molecule has 0 bridgehead atoms. The van der Waals surface area contributed by atoms with E-state index in [2.05, 4.69) is 4.98 Å². The standard InChI is InChI=1S/C6H5ClF3N3/c7-3-1-2-11-5(4(3)8)12-13-6(9)10/h1-2,6,13H,(H,11,12). The second kappa shape index (κ2) is 4.29. The minimum atomic E-state index is -2.81.